The molecule has 0 radical (unpaired) electrons. The third kappa shape index (κ3) is 4.14. The molecule has 0 bridgehead atoms. The van der Waals surface area contributed by atoms with Crippen LogP contribution in [0.5, 0.6) is 0 Å². The second-order valence-electron chi connectivity index (χ2n) is 6.35. The Labute approximate surface area is 142 Å². The summed E-state index contributed by atoms with van der Waals surface area (Å²) in [5.74, 6) is 1.66. The summed E-state index contributed by atoms with van der Waals surface area (Å²) < 4.78 is 5.33. The van der Waals surface area contributed by atoms with Gasteiger partial charge in [-0.1, -0.05) is 0 Å². The molecule has 6 nitrogen and oxygen atoms in total. The zero-order chi connectivity index (χ0) is 16.9. The first kappa shape index (κ1) is 16.5. The minimum Gasteiger partial charge on any atom is -0.469 e. The van der Waals surface area contributed by atoms with Crippen molar-refractivity contribution in [2.24, 2.45) is 0 Å². The van der Waals surface area contributed by atoms with E-state index >= 15 is 0 Å². The lowest BCUT2D eigenvalue weighted by atomic mass is 10.1. The molecule has 0 aliphatic carbocycles. The fourth-order valence-electron chi connectivity index (χ4n) is 2.86. The Morgan fingerprint density at radius 2 is 2.12 bits per heavy atom. The third-order valence-electron chi connectivity index (χ3n) is 4.30. The van der Waals surface area contributed by atoms with Crippen molar-refractivity contribution in [3.05, 3.63) is 48.0 Å². The third-order valence-corrected chi connectivity index (χ3v) is 4.30. The Bertz CT molecular complexity index is 663. The molecule has 1 fully saturated rings. The van der Waals surface area contributed by atoms with Gasteiger partial charge in [-0.05, 0) is 38.2 Å². The number of amides is 1. The Balaban J connectivity index is 1.61. The van der Waals surface area contributed by atoms with Crippen molar-refractivity contribution >= 4 is 11.7 Å². The number of anilines is 1. The molecule has 0 spiro atoms. The van der Waals surface area contributed by atoms with Gasteiger partial charge in [0.15, 0.2) is 0 Å². The molecule has 24 heavy (non-hydrogen) atoms. The number of nitrogens with zero attached hydrogens (tertiary/aromatic N) is 3. The highest BCUT2D eigenvalue weighted by Gasteiger charge is 2.17. The molecule has 128 valence electrons. The topological polar surface area (TPSA) is 61.6 Å². The molecular weight excluding hydrogens is 304 g/mol. The number of likely N-dealkylation sites (N-methyl/N-ethyl adjacent to an activating group) is 1. The fraction of sp³-hybridized carbons (Fsp3) is 0.444. The molecule has 1 amide bonds. The summed E-state index contributed by atoms with van der Waals surface area (Å²) in [6.07, 6.45) is 4.03. The molecule has 3 rings (SSSR count). The number of carbonyl (C=O) groups excluding carboxylic acids is 1. The first-order chi connectivity index (χ1) is 11.6. The molecule has 1 saturated heterocycles. The van der Waals surface area contributed by atoms with Gasteiger partial charge in [0.2, 0.25) is 0 Å². The van der Waals surface area contributed by atoms with Gasteiger partial charge in [0.25, 0.3) is 5.91 Å². The fourth-order valence-corrected chi connectivity index (χ4v) is 2.86. The first-order valence-electron chi connectivity index (χ1n) is 8.34. The predicted molar refractivity (Wildman–Crippen MR) is 93.3 cm³/mol. The Hall–Kier alpha value is -2.34. The highest BCUT2D eigenvalue weighted by molar-refractivity contribution is 5.95. The lowest BCUT2D eigenvalue weighted by Crippen LogP contribution is -2.45. The van der Waals surface area contributed by atoms with E-state index in [4.69, 9.17) is 4.42 Å². The number of hydrogen-bond acceptors (Lipinski definition) is 5. The standard InChI is InChI=1S/C18H24N4O2/c1-14(12-16-4-3-11-24-16)20-18(23)15-5-6-19-17(13-15)22-9-7-21(2)8-10-22/h3-6,11,13-14H,7-10,12H2,1-2H3,(H,20,23)/t14-/m1/s1. The van der Waals surface area contributed by atoms with E-state index in [2.05, 4.69) is 27.1 Å². The van der Waals surface area contributed by atoms with Gasteiger partial charge in [-0.3, -0.25) is 4.79 Å². The maximum Gasteiger partial charge on any atom is 0.251 e. The van der Waals surface area contributed by atoms with Crippen LogP contribution < -0.4 is 10.2 Å². The minimum atomic E-state index is -0.0770. The van der Waals surface area contributed by atoms with Crippen LogP contribution in [0.2, 0.25) is 0 Å². The second kappa shape index (κ2) is 7.49. The van der Waals surface area contributed by atoms with E-state index in [9.17, 15) is 4.79 Å². The van der Waals surface area contributed by atoms with Crippen molar-refractivity contribution < 1.29 is 9.21 Å². The highest BCUT2D eigenvalue weighted by Crippen LogP contribution is 2.15. The zero-order valence-corrected chi connectivity index (χ0v) is 14.2. The molecule has 2 aromatic rings. The van der Waals surface area contributed by atoms with E-state index < -0.39 is 0 Å². The largest absolute Gasteiger partial charge is 0.469 e. The van der Waals surface area contributed by atoms with Crippen LogP contribution in [0.15, 0.2) is 41.1 Å². The molecule has 0 unspecified atom stereocenters. The van der Waals surface area contributed by atoms with Gasteiger partial charge < -0.3 is 19.5 Å². The average Bonchev–Trinajstić information content (AvgIpc) is 3.08. The SMILES string of the molecule is C[C@H](Cc1ccco1)NC(=O)c1ccnc(N2CCN(C)CC2)c1. The maximum atomic E-state index is 12.5. The van der Waals surface area contributed by atoms with E-state index in [0.29, 0.717) is 12.0 Å². The maximum absolute atomic E-state index is 12.5. The summed E-state index contributed by atoms with van der Waals surface area (Å²) in [7, 11) is 2.12. The summed E-state index contributed by atoms with van der Waals surface area (Å²) in [6.45, 7) is 5.87. The van der Waals surface area contributed by atoms with Crippen LogP contribution in [0.3, 0.4) is 0 Å². The summed E-state index contributed by atoms with van der Waals surface area (Å²) in [4.78, 5) is 21.4. The van der Waals surface area contributed by atoms with Crippen LogP contribution in [0, 0.1) is 0 Å². The van der Waals surface area contributed by atoms with Crippen molar-refractivity contribution in [2.45, 2.75) is 19.4 Å². The number of furan rings is 1. The van der Waals surface area contributed by atoms with E-state index in [0.717, 1.165) is 37.8 Å². The van der Waals surface area contributed by atoms with Crippen molar-refractivity contribution in [3.63, 3.8) is 0 Å². The summed E-state index contributed by atoms with van der Waals surface area (Å²) in [6, 6.07) is 7.41. The molecule has 3 heterocycles. The Morgan fingerprint density at radius 1 is 1.33 bits per heavy atom. The molecule has 6 heteroatoms. The highest BCUT2D eigenvalue weighted by atomic mass is 16.3. The lowest BCUT2D eigenvalue weighted by molar-refractivity contribution is 0.0939. The van der Waals surface area contributed by atoms with Crippen molar-refractivity contribution in [3.8, 4) is 0 Å². The number of nitrogens with one attached hydrogen (secondary N) is 1. The average molecular weight is 328 g/mol. The lowest BCUT2D eigenvalue weighted by Gasteiger charge is -2.33. The quantitative estimate of drug-likeness (QED) is 0.907. The van der Waals surface area contributed by atoms with Crippen LogP contribution in [0.25, 0.3) is 0 Å². The first-order valence-corrected chi connectivity index (χ1v) is 8.34. The number of hydrogen-bond donors (Lipinski definition) is 1. The Kier molecular flexibility index (Phi) is 5.15. The van der Waals surface area contributed by atoms with E-state index in [1.54, 1.807) is 18.5 Å². The monoisotopic (exact) mass is 328 g/mol. The number of pyridine rings is 1. The molecule has 0 aromatic carbocycles. The van der Waals surface area contributed by atoms with Crippen molar-refractivity contribution in [1.82, 2.24) is 15.2 Å². The van der Waals surface area contributed by atoms with E-state index in [-0.39, 0.29) is 11.9 Å². The predicted octanol–water partition coefficient (Wildman–Crippen LogP) is 1.79. The van der Waals surface area contributed by atoms with Crippen LogP contribution in [-0.2, 0) is 6.42 Å². The van der Waals surface area contributed by atoms with Gasteiger partial charge >= 0.3 is 0 Å². The number of carbonyl (C=O) groups is 1. The number of aromatic nitrogens is 1. The molecule has 1 aliphatic heterocycles. The molecule has 1 N–H and O–H groups in total. The minimum absolute atomic E-state index is 0.00361. The van der Waals surface area contributed by atoms with E-state index in [1.807, 2.05) is 25.1 Å². The van der Waals surface area contributed by atoms with Crippen LogP contribution in [-0.4, -0.2) is 55.1 Å². The summed E-state index contributed by atoms with van der Waals surface area (Å²) in [5, 5.41) is 3.02. The molecule has 2 aromatic heterocycles. The van der Waals surface area contributed by atoms with E-state index in [1.165, 1.54) is 0 Å². The normalized spacial score (nSPS) is 16.8. The Morgan fingerprint density at radius 3 is 2.83 bits per heavy atom. The van der Waals surface area contributed by atoms with Gasteiger partial charge in [0.1, 0.15) is 11.6 Å². The van der Waals surface area contributed by atoms with Gasteiger partial charge in [-0.2, -0.15) is 0 Å². The van der Waals surface area contributed by atoms with Crippen LogP contribution in [0.4, 0.5) is 5.82 Å². The summed E-state index contributed by atoms with van der Waals surface area (Å²) in [5.41, 5.74) is 0.644. The molecule has 0 saturated carbocycles. The van der Waals surface area contributed by atoms with Gasteiger partial charge in [-0.25, -0.2) is 4.98 Å². The van der Waals surface area contributed by atoms with Crippen molar-refractivity contribution in [2.75, 3.05) is 38.1 Å². The van der Waals surface area contributed by atoms with Gasteiger partial charge in [0, 0.05) is 50.4 Å². The number of piperazine rings is 1. The molecule has 1 atom stereocenters. The van der Waals surface area contributed by atoms with Gasteiger partial charge in [-0.15, -0.1) is 0 Å². The van der Waals surface area contributed by atoms with Crippen LogP contribution >= 0.6 is 0 Å². The summed E-state index contributed by atoms with van der Waals surface area (Å²) >= 11 is 0. The smallest absolute Gasteiger partial charge is 0.251 e. The van der Waals surface area contributed by atoms with Crippen molar-refractivity contribution in [1.29, 1.82) is 0 Å². The van der Waals surface area contributed by atoms with Crippen LogP contribution in [0.1, 0.15) is 23.0 Å². The molecular formula is C18H24N4O2. The number of rotatable bonds is 5. The zero-order valence-electron chi connectivity index (χ0n) is 14.2. The second-order valence-corrected chi connectivity index (χ2v) is 6.35. The van der Waals surface area contributed by atoms with Gasteiger partial charge in [0.05, 0.1) is 6.26 Å². The molecule has 1 aliphatic rings.